The van der Waals surface area contributed by atoms with Gasteiger partial charge in [0.15, 0.2) is 0 Å². The van der Waals surface area contributed by atoms with Crippen molar-refractivity contribution >= 4 is 39.2 Å². The molecule has 112 valence electrons. The quantitative estimate of drug-likeness (QED) is 0.789. The van der Waals surface area contributed by atoms with Gasteiger partial charge in [0.2, 0.25) is 11.9 Å². The molecule has 1 saturated heterocycles. The lowest BCUT2D eigenvalue weighted by Gasteiger charge is -2.24. The first-order valence-corrected chi connectivity index (χ1v) is 8.16. The summed E-state index contributed by atoms with van der Waals surface area (Å²) in [6.07, 6.45) is 2.43. The van der Waals surface area contributed by atoms with Crippen molar-refractivity contribution in [3.8, 4) is 0 Å². The van der Waals surface area contributed by atoms with Crippen LogP contribution in [0, 0.1) is 0 Å². The molecule has 0 spiro atoms. The predicted octanol–water partition coefficient (Wildman–Crippen LogP) is 2.20. The number of hydrogen-bond donors (Lipinski definition) is 3. The largest absolute Gasteiger partial charge is 0.365 e. The zero-order valence-electron chi connectivity index (χ0n) is 12.0. The number of hydrogen-bond acceptors (Lipinski definition) is 6. The van der Waals surface area contributed by atoms with Crippen molar-refractivity contribution in [1.29, 1.82) is 0 Å². The van der Waals surface area contributed by atoms with E-state index in [-0.39, 0.29) is 11.9 Å². The number of carbonyl (C=O) groups excluding carboxylic acids is 1. The molecular weight excluding hydrogens is 286 g/mol. The number of piperidine rings is 1. The van der Waals surface area contributed by atoms with Crippen LogP contribution >= 0.6 is 11.3 Å². The topological polar surface area (TPSA) is 78.9 Å². The molecule has 0 aliphatic carbocycles. The van der Waals surface area contributed by atoms with E-state index in [1.807, 2.05) is 11.4 Å². The first-order chi connectivity index (χ1) is 10.3. The molecular formula is C14H19N5OS. The van der Waals surface area contributed by atoms with Crippen molar-refractivity contribution in [2.24, 2.45) is 0 Å². The maximum Gasteiger partial charge on any atom is 0.226 e. The summed E-state index contributed by atoms with van der Waals surface area (Å²) < 4.78 is 0. The summed E-state index contributed by atoms with van der Waals surface area (Å²) in [6, 6.07) is 2.26. The van der Waals surface area contributed by atoms with Crippen LogP contribution < -0.4 is 16.0 Å². The number of nitrogens with one attached hydrogen (secondary N) is 3. The summed E-state index contributed by atoms with van der Waals surface area (Å²) >= 11 is 1.61. The van der Waals surface area contributed by atoms with Crippen molar-refractivity contribution in [2.45, 2.75) is 32.2 Å². The Balaban J connectivity index is 1.82. The van der Waals surface area contributed by atoms with Gasteiger partial charge in [-0.05, 0) is 24.3 Å². The highest BCUT2D eigenvalue weighted by atomic mass is 32.1. The summed E-state index contributed by atoms with van der Waals surface area (Å²) in [4.78, 5) is 21.3. The first kappa shape index (κ1) is 14.1. The van der Waals surface area contributed by atoms with Gasteiger partial charge >= 0.3 is 0 Å². The molecule has 1 aliphatic rings. The molecule has 3 rings (SSSR count). The average Bonchev–Trinajstić information content (AvgIpc) is 2.96. The second-order valence-corrected chi connectivity index (χ2v) is 6.04. The van der Waals surface area contributed by atoms with Crippen LogP contribution in [0.15, 0.2) is 11.4 Å². The summed E-state index contributed by atoms with van der Waals surface area (Å²) in [5, 5.41) is 12.6. The third kappa shape index (κ3) is 3.24. The van der Waals surface area contributed by atoms with Crippen LogP contribution in [0.4, 0.5) is 11.8 Å². The van der Waals surface area contributed by atoms with Crippen molar-refractivity contribution in [3.05, 3.63) is 11.4 Å². The van der Waals surface area contributed by atoms with Gasteiger partial charge in [-0.15, -0.1) is 11.3 Å². The lowest BCUT2D eigenvalue weighted by molar-refractivity contribution is -0.122. The molecule has 0 radical (unpaired) electrons. The van der Waals surface area contributed by atoms with Gasteiger partial charge in [-0.3, -0.25) is 4.79 Å². The van der Waals surface area contributed by atoms with Crippen LogP contribution in [0.3, 0.4) is 0 Å². The Morgan fingerprint density at radius 1 is 1.48 bits per heavy atom. The Morgan fingerprint density at radius 3 is 3.14 bits per heavy atom. The number of thiophene rings is 1. The van der Waals surface area contributed by atoms with Gasteiger partial charge in [-0.25, -0.2) is 4.98 Å². The number of rotatable bonds is 5. The number of nitrogens with zero attached hydrogens (tertiary/aromatic N) is 2. The summed E-state index contributed by atoms with van der Waals surface area (Å²) in [6.45, 7) is 3.61. The molecule has 7 heteroatoms. The molecule has 1 amide bonds. The number of aromatic nitrogens is 2. The Kier molecular flexibility index (Phi) is 4.19. The number of anilines is 2. The molecule has 0 aromatic carbocycles. The van der Waals surface area contributed by atoms with Gasteiger partial charge in [0.25, 0.3) is 0 Å². The fourth-order valence-electron chi connectivity index (χ4n) is 2.33. The van der Waals surface area contributed by atoms with E-state index >= 15 is 0 Å². The predicted molar refractivity (Wildman–Crippen MR) is 85.9 cm³/mol. The fraction of sp³-hybridized carbons (Fsp3) is 0.500. The van der Waals surface area contributed by atoms with Crippen LogP contribution in [-0.4, -0.2) is 35.0 Å². The molecule has 6 nitrogen and oxygen atoms in total. The molecule has 21 heavy (non-hydrogen) atoms. The molecule has 2 aromatic heterocycles. The van der Waals surface area contributed by atoms with E-state index < -0.39 is 0 Å². The molecule has 1 atom stereocenters. The maximum atomic E-state index is 11.2. The average molecular weight is 305 g/mol. The zero-order chi connectivity index (χ0) is 14.7. The number of carbonyl (C=O) groups is 1. The summed E-state index contributed by atoms with van der Waals surface area (Å²) in [5.41, 5.74) is 0. The monoisotopic (exact) mass is 305 g/mol. The second kappa shape index (κ2) is 6.26. The third-order valence-electron chi connectivity index (χ3n) is 3.46. The number of amides is 1. The van der Waals surface area contributed by atoms with E-state index in [0.717, 1.165) is 35.4 Å². The Hall–Kier alpha value is -1.89. The standard InChI is InChI=1S/C14H19N5OS/c1-2-6-15-14-18-12(10-5-7-21-13(10)19-14)17-9-3-4-11(20)16-8-9/h5,7,9H,2-4,6,8H2,1H3,(H,16,20)(H2,15,17,18,19). The third-order valence-corrected chi connectivity index (χ3v) is 4.27. The highest BCUT2D eigenvalue weighted by molar-refractivity contribution is 7.16. The maximum absolute atomic E-state index is 11.2. The lowest BCUT2D eigenvalue weighted by Crippen LogP contribution is -2.42. The van der Waals surface area contributed by atoms with Crippen LogP contribution in [0.1, 0.15) is 26.2 Å². The lowest BCUT2D eigenvalue weighted by atomic mass is 10.1. The van der Waals surface area contributed by atoms with E-state index in [0.29, 0.717) is 18.9 Å². The van der Waals surface area contributed by atoms with E-state index in [1.54, 1.807) is 11.3 Å². The highest BCUT2D eigenvalue weighted by Gasteiger charge is 2.19. The molecule has 0 bridgehead atoms. The van der Waals surface area contributed by atoms with Gasteiger partial charge in [0.1, 0.15) is 10.6 Å². The summed E-state index contributed by atoms with van der Waals surface area (Å²) in [5.74, 6) is 1.64. The second-order valence-electron chi connectivity index (χ2n) is 5.15. The van der Waals surface area contributed by atoms with Crippen molar-refractivity contribution in [2.75, 3.05) is 23.7 Å². The zero-order valence-corrected chi connectivity index (χ0v) is 12.8. The fourth-order valence-corrected chi connectivity index (χ4v) is 3.09. The van der Waals surface area contributed by atoms with Gasteiger partial charge in [-0.2, -0.15) is 4.98 Å². The molecule has 1 aliphatic heterocycles. The molecule has 3 heterocycles. The van der Waals surface area contributed by atoms with Gasteiger partial charge < -0.3 is 16.0 Å². The van der Waals surface area contributed by atoms with Crippen molar-refractivity contribution in [1.82, 2.24) is 15.3 Å². The minimum Gasteiger partial charge on any atom is -0.365 e. The van der Waals surface area contributed by atoms with Gasteiger partial charge in [0.05, 0.1) is 5.39 Å². The minimum absolute atomic E-state index is 0.127. The van der Waals surface area contributed by atoms with Crippen LogP contribution in [0.25, 0.3) is 10.2 Å². The first-order valence-electron chi connectivity index (χ1n) is 7.28. The molecule has 1 fully saturated rings. The van der Waals surface area contributed by atoms with Gasteiger partial charge in [-0.1, -0.05) is 6.92 Å². The van der Waals surface area contributed by atoms with E-state index in [2.05, 4.69) is 32.8 Å². The van der Waals surface area contributed by atoms with Crippen LogP contribution in [0.5, 0.6) is 0 Å². The van der Waals surface area contributed by atoms with Crippen LogP contribution in [-0.2, 0) is 4.79 Å². The molecule has 1 unspecified atom stereocenters. The normalized spacial score (nSPS) is 18.5. The Labute approximate surface area is 127 Å². The van der Waals surface area contributed by atoms with Crippen molar-refractivity contribution < 1.29 is 4.79 Å². The Bertz CT molecular complexity index is 631. The molecule has 3 N–H and O–H groups in total. The summed E-state index contributed by atoms with van der Waals surface area (Å²) in [7, 11) is 0. The Morgan fingerprint density at radius 2 is 2.38 bits per heavy atom. The molecule has 2 aromatic rings. The molecule has 0 saturated carbocycles. The SMILES string of the molecule is CCCNc1nc(NC2CCC(=O)NC2)c2ccsc2n1. The number of fused-ring (bicyclic) bond motifs is 1. The van der Waals surface area contributed by atoms with Crippen LogP contribution in [0.2, 0.25) is 0 Å². The smallest absolute Gasteiger partial charge is 0.226 e. The van der Waals surface area contributed by atoms with Gasteiger partial charge in [0, 0.05) is 25.6 Å². The van der Waals surface area contributed by atoms with E-state index in [9.17, 15) is 4.79 Å². The van der Waals surface area contributed by atoms with Crippen molar-refractivity contribution in [3.63, 3.8) is 0 Å². The minimum atomic E-state index is 0.127. The highest BCUT2D eigenvalue weighted by Crippen LogP contribution is 2.27. The van der Waals surface area contributed by atoms with E-state index in [4.69, 9.17) is 0 Å². The van der Waals surface area contributed by atoms with E-state index in [1.165, 1.54) is 0 Å².